The van der Waals surface area contributed by atoms with E-state index < -0.39 is 5.60 Å². The molecule has 0 bridgehead atoms. The first kappa shape index (κ1) is 13.6. The first-order valence-corrected chi connectivity index (χ1v) is 5.84. The van der Waals surface area contributed by atoms with Crippen LogP contribution < -0.4 is 9.47 Å². The van der Waals surface area contributed by atoms with Gasteiger partial charge in [0.25, 0.3) is 0 Å². The minimum absolute atomic E-state index is 0.121. The molecule has 0 atom stereocenters. The fraction of sp³-hybridized carbons (Fsp3) is 0.500. The molecule has 0 unspecified atom stereocenters. The van der Waals surface area contributed by atoms with Crippen LogP contribution in [0.15, 0.2) is 24.3 Å². The lowest BCUT2D eigenvalue weighted by molar-refractivity contribution is -0.120. The van der Waals surface area contributed by atoms with Gasteiger partial charge in [-0.15, -0.1) is 0 Å². The molecule has 0 N–H and O–H groups in total. The van der Waals surface area contributed by atoms with E-state index in [2.05, 4.69) is 0 Å². The summed E-state index contributed by atoms with van der Waals surface area (Å²) in [5.74, 6) is 1.63. The molecule has 3 nitrogen and oxygen atoms in total. The Hall–Kier alpha value is -1.51. The van der Waals surface area contributed by atoms with E-state index >= 15 is 0 Å². The van der Waals surface area contributed by atoms with Crippen LogP contribution in [0, 0.1) is 0 Å². The first-order valence-electron chi connectivity index (χ1n) is 5.84. The van der Waals surface area contributed by atoms with Crippen LogP contribution in [0.2, 0.25) is 0 Å². The number of ether oxygens (including phenoxy) is 2. The molecule has 0 fully saturated rings. The normalized spacial score (nSPS) is 11.1. The molecule has 1 rings (SSSR count). The van der Waals surface area contributed by atoms with E-state index in [1.165, 1.54) is 0 Å². The van der Waals surface area contributed by atoms with Gasteiger partial charge in [-0.1, -0.05) is 6.07 Å². The first-order chi connectivity index (χ1) is 7.93. The van der Waals surface area contributed by atoms with Gasteiger partial charge in [0.15, 0.2) is 0 Å². The van der Waals surface area contributed by atoms with Gasteiger partial charge in [0.1, 0.15) is 22.9 Å². The molecular weight excluding hydrogens is 216 g/mol. The van der Waals surface area contributed by atoms with E-state index in [-0.39, 0.29) is 5.78 Å². The van der Waals surface area contributed by atoms with Gasteiger partial charge in [-0.3, -0.25) is 4.79 Å². The number of carbonyl (C=O) groups excluding carboxylic acids is 1. The molecule has 0 heterocycles. The van der Waals surface area contributed by atoms with E-state index in [0.29, 0.717) is 13.0 Å². The number of Topliss-reactive ketones (excluding diaryl/α,β-unsaturated/α-hetero) is 1. The molecule has 0 spiro atoms. The molecule has 0 saturated heterocycles. The topological polar surface area (TPSA) is 35.5 Å². The zero-order valence-electron chi connectivity index (χ0n) is 10.9. The van der Waals surface area contributed by atoms with Crippen molar-refractivity contribution < 1.29 is 14.3 Å². The van der Waals surface area contributed by atoms with Crippen LogP contribution in [0.3, 0.4) is 0 Å². The van der Waals surface area contributed by atoms with Crippen molar-refractivity contribution >= 4 is 5.78 Å². The van der Waals surface area contributed by atoms with Crippen molar-refractivity contribution in [2.75, 3.05) is 6.61 Å². The van der Waals surface area contributed by atoms with E-state index in [1.54, 1.807) is 6.92 Å². The summed E-state index contributed by atoms with van der Waals surface area (Å²) in [6.07, 6.45) is 0.395. The van der Waals surface area contributed by atoms with E-state index in [4.69, 9.17) is 9.47 Å². The van der Waals surface area contributed by atoms with Crippen LogP contribution in [0.4, 0.5) is 0 Å². The molecule has 0 aliphatic rings. The van der Waals surface area contributed by atoms with Crippen LogP contribution in [-0.2, 0) is 4.79 Å². The third kappa shape index (κ3) is 4.89. The predicted molar refractivity (Wildman–Crippen MR) is 67.6 cm³/mol. The molecule has 0 radical (unpaired) electrons. The van der Waals surface area contributed by atoms with Gasteiger partial charge < -0.3 is 9.47 Å². The standard InChI is InChI=1S/C14H20O3/c1-5-16-12-7-6-8-13(9-12)17-14(3,4)10-11(2)15/h6-9H,5,10H2,1-4H3. The highest BCUT2D eigenvalue weighted by Crippen LogP contribution is 2.25. The number of benzene rings is 1. The number of hydrogen-bond acceptors (Lipinski definition) is 3. The molecular formula is C14H20O3. The Balaban J connectivity index is 2.73. The van der Waals surface area contributed by atoms with Gasteiger partial charge in [0.2, 0.25) is 0 Å². The molecule has 1 aromatic rings. The number of rotatable bonds is 6. The summed E-state index contributed by atoms with van der Waals surface area (Å²) < 4.78 is 11.2. The third-order valence-electron chi connectivity index (χ3n) is 2.19. The molecule has 0 saturated carbocycles. The maximum atomic E-state index is 11.1. The number of ketones is 1. The average Bonchev–Trinajstić information content (AvgIpc) is 2.15. The molecule has 1 aromatic carbocycles. The van der Waals surface area contributed by atoms with Gasteiger partial charge in [0, 0.05) is 12.5 Å². The van der Waals surface area contributed by atoms with Gasteiger partial charge in [-0.25, -0.2) is 0 Å². The Bertz CT molecular complexity index is 383. The molecule has 0 aromatic heterocycles. The summed E-state index contributed by atoms with van der Waals surface area (Å²) in [5.41, 5.74) is -0.489. The molecule has 0 amide bonds. The van der Waals surface area contributed by atoms with Crippen molar-refractivity contribution in [2.45, 2.75) is 39.7 Å². The lowest BCUT2D eigenvalue weighted by Crippen LogP contribution is -2.30. The van der Waals surface area contributed by atoms with E-state index in [0.717, 1.165) is 11.5 Å². The van der Waals surface area contributed by atoms with Crippen LogP contribution >= 0.6 is 0 Å². The predicted octanol–water partition coefficient (Wildman–Crippen LogP) is 3.22. The highest BCUT2D eigenvalue weighted by atomic mass is 16.5. The van der Waals surface area contributed by atoms with Crippen molar-refractivity contribution in [3.8, 4) is 11.5 Å². The second kappa shape index (κ2) is 5.71. The molecule has 17 heavy (non-hydrogen) atoms. The van der Waals surface area contributed by atoms with Crippen LogP contribution in [-0.4, -0.2) is 18.0 Å². The minimum atomic E-state index is -0.489. The third-order valence-corrected chi connectivity index (χ3v) is 2.19. The summed E-state index contributed by atoms with van der Waals surface area (Å²) in [6, 6.07) is 7.47. The second-order valence-electron chi connectivity index (χ2n) is 4.65. The Labute approximate surface area is 103 Å². The Kier molecular flexibility index (Phi) is 4.55. The molecule has 94 valence electrons. The monoisotopic (exact) mass is 236 g/mol. The zero-order valence-corrected chi connectivity index (χ0v) is 10.9. The second-order valence-corrected chi connectivity index (χ2v) is 4.65. The smallest absolute Gasteiger partial charge is 0.133 e. The minimum Gasteiger partial charge on any atom is -0.494 e. The van der Waals surface area contributed by atoms with E-state index in [9.17, 15) is 4.79 Å². The zero-order chi connectivity index (χ0) is 12.9. The largest absolute Gasteiger partial charge is 0.494 e. The Morgan fingerprint density at radius 1 is 1.29 bits per heavy atom. The molecule has 0 aliphatic heterocycles. The lowest BCUT2D eigenvalue weighted by Gasteiger charge is -2.25. The number of carbonyl (C=O) groups is 1. The van der Waals surface area contributed by atoms with Crippen molar-refractivity contribution in [3.63, 3.8) is 0 Å². The van der Waals surface area contributed by atoms with Gasteiger partial charge in [-0.2, -0.15) is 0 Å². The van der Waals surface area contributed by atoms with Crippen LogP contribution in [0.1, 0.15) is 34.1 Å². The molecule has 3 heteroatoms. The summed E-state index contributed by atoms with van der Waals surface area (Å²) in [7, 11) is 0. The highest BCUT2D eigenvalue weighted by molar-refractivity contribution is 5.76. The summed E-state index contributed by atoms with van der Waals surface area (Å²) >= 11 is 0. The number of hydrogen-bond donors (Lipinski definition) is 0. The Morgan fingerprint density at radius 3 is 2.53 bits per heavy atom. The van der Waals surface area contributed by atoms with E-state index in [1.807, 2.05) is 45.0 Å². The highest BCUT2D eigenvalue weighted by Gasteiger charge is 2.22. The van der Waals surface area contributed by atoms with Crippen LogP contribution in [0.5, 0.6) is 11.5 Å². The fourth-order valence-electron chi connectivity index (χ4n) is 1.75. The van der Waals surface area contributed by atoms with Crippen molar-refractivity contribution in [3.05, 3.63) is 24.3 Å². The average molecular weight is 236 g/mol. The Morgan fingerprint density at radius 2 is 1.94 bits per heavy atom. The van der Waals surface area contributed by atoms with Gasteiger partial charge >= 0.3 is 0 Å². The van der Waals surface area contributed by atoms with Gasteiger partial charge in [-0.05, 0) is 39.8 Å². The maximum Gasteiger partial charge on any atom is 0.133 e. The summed E-state index contributed by atoms with van der Waals surface area (Å²) in [4.78, 5) is 11.1. The van der Waals surface area contributed by atoms with Crippen molar-refractivity contribution in [1.29, 1.82) is 0 Å². The lowest BCUT2D eigenvalue weighted by atomic mass is 10.0. The maximum absolute atomic E-state index is 11.1. The van der Waals surface area contributed by atoms with Crippen molar-refractivity contribution in [2.24, 2.45) is 0 Å². The summed E-state index contributed by atoms with van der Waals surface area (Å²) in [6.45, 7) is 7.94. The van der Waals surface area contributed by atoms with Crippen LogP contribution in [0.25, 0.3) is 0 Å². The molecule has 0 aliphatic carbocycles. The van der Waals surface area contributed by atoms with Crippen molar-refractivity contribution in [1.82, 2.24) is 0 Å². The summed E-state index contributed by atoms with van der Waals surface area (Å²) in [5, 5.41) is 0. The quantitative estimate of drug-likeness (QED) is 0.760. The SMILES string of the molecule is CCOc1cccc(OC(C)(C)CC(C)=O)c1. The fourth-order valence-corrected chi connectivity index (χ4v) is 1.75. The van der Waals surface area contributed by atoms with Gasteiger partial charge in [0.05, 0.1) is 6.61 Å².